The molecular formula is C22H19Cl2FN6OS. The third-order valence-electron chi connectivity index (χ3n) is 5.00. The van der Waals surface area contributed by atoms with E-state index in [4.69, 9.17) is 0 Å². The van der Waals surface area contributed by atoms with Gasteiger partial charge in [-0.2, -0.15) is 5.10 Å². The van der Waals surface area contributed by atoms with Crippen molar-refractivity contribution in [2.75, 3.05) is 5.32 Å². The number of nitrogens with one attached hydrogen (secondary N) is 2. The van der Waals surface area contributed by atoms with Crippen LogP contribution >= 0.6 is 36.2 Å². The molecule has 7 nitrogen and oxygen atoms in total. The summed E-state index contributed by atoms with van der Waals surface area (Å²) in [7, 11) is 0. The first kappa shape index (κ1) is 24.4. The topological polar surface area (TPSA) is 88.0 Å². The zero-order chi connectivity index (χ0) is 21.5. The summed E-state index contributed by atoms with van der Waals surface area (Å²) in [6.45, 7) is 3.84. The summed E-state index contributed by atoms with van der Waals surface area (Å²) in [5.74, 6) is -1.14. The van der Waals surface area contributed by atoms with Gasteiger partial charge < -0.3 is 0 Å². The number of halogens is 3. The SMILES string of the molecule is Cc1cnc(NC(=O)c2ccc(-c3cnc4ccc(-c5cn[nH]c5C)cn34)cc2F)s1.Cl.Cl. The Labute approximate surface area is 204 Å². The minimum Gasteiger partial charge on any atom is -0.299 e. The fraction of sp³-hybridized carbons (Fsp3) is 0.0909. The molecule has 0 unspecified atom stereocenters. The molecule has 33 heavy (non-hydrogen) atoms. The molecular weight excluding hydrogens is 486 g/mol. The Morgan fingerprint density at radius 2 is 1.85 bits per heavy atom. The zero-order valence-electron chi connectivity index (χ0n) is 17.5. The van der Waals surface area contributed by atoms with Gasteiger partial charge in [-0.3, -0.25) is 19.6 Å². The highest BCUT2D eigenvalue weighted by Gasteiger charge is 2.16. The summed E-state index contributed by atoms with van der Waals surface area (Å²) in [6, 6.07) is 8.41. The largest absolute Gasteiger partial charge is 0.299 e. The highest BCUT2D eigenvalue weighted by atomic mass is 35.5. The summed E-state index contributed by atoms with van der Waals surface area (Å²) in [4.78, 5) is 21.9. The molecule has 0 aliphatic rings. The monoisotopic (exact) mass is 504 g/mol. The smallest absolute Gasteiger partial charge is 0.260 e. The number of carbonyl (C=O) groups excluding carboxylic acids is 1. The molecule has 1 amide bonds. The Morgan fingerprint density at radius 1 is 1.06 bits per heavy atom. The summed E-state index contributed by atoms with van der Waals surface area (Å²) < 4.78 is 16.7. The van der Waals surface area contributed by atoms with Gasteiger partial charge in [0, 0.05) is 39.7 Å². The summed E-state index contributed by atoms with van der Waals surface area (Å²) in [5.41, 5.74) is 4.94. The van der Waals surface area contributed by atoms with Crippen LogP contribution in [-0.4, -0.2) is 30.5 Å². The van der Waals surface area contributed by atoms with E-state index in [-0.39, 0.29) is 30.4 Å². The van der Waals surface area contributed by atoms with E-state index in [0.717, 1.165) is 33.0 Å². The number of carbonyl (C=O) groups is 1. The molecule has 0 spiro atoms. The van der Waals surface area contributed by atoms with Gasteiger partial charge in [0.05, 0.1) is 23.7 Å². The molecule has 1 aromatic carbocycles. The van der Waals surface area contributed by atoms with Gasteiger partial charge in [0.1, 0.15) is 11.5 Å². The number of anilines is 1. The van der Waals surface area contributed by atoms with Crippen LogP contribution < -0.4 is 5.32 Å². The third-order valence-corrected chi connectivity index (χ3v) is 5.83. The quantitative estimate of drug-likeness (QED) is 0.328. The third kappa shape index (κ3) is 4.61. The minimum absolute atomic E-state index is 0. The van der Waals surface area contributed by atoms with Gasteiger partial charge in [-0.25, -0.2) is 14.4 Å². The van der Waals surface area contributed by atoms with E-state index in [1.165, 1.54) is 23.5 Å². The molecule has 170 valence electrons. The van der Waals surface area contributed by atoms with E-state index in [9.17, 15) is 9.18 Å². The van der Waals surface area contributed by atoms with Gasteiger partial charge in [0.15, 0.2) is 5.13 Å². The maximum atomic E-state index is 14.8. The number of thiazole rings is 1. The molecule has 4 heterocycles. The minimum atomic E-state index is -0.611. The van der Waals surface area contributed by atoms with E-state index in [2.05, 4.69) is 25.5 Å². The van der Waals surface area contributed by atoms with Crippen molar-refractivity contribution >= 4 is 52.8 Å². The van der Waals surface area contributed by atoms with E-state index in [0.29, 0.717) is 10.7 Å². The molecule has 0 atom stereocenters. The Kier molecular flexibility index (Phi) is 7.16. The molecule has 5 aromatic rings. The van der Waals surface area contributed by atoms with Crippen LogP contribution in [0.15, 0.2) is 55.1 Å². The highest BCUT2D eigenvalue weighted by Crippen LogP contribution is 2.27. The van der Waals surface area contributed by atoms with Crippen LogP contribution in [-0.2, 0) is 0 Å². The fourth-order valence-electron chi connectivity index (χ4n) is 3.43. The van der Waals surface area contributed by atoms with E-state index < -0.39 is 11.7 Å². The second kappa shape index (κ2) is 9.70. The summed E-state index contributed by atoms with van der Waals surface area (Å²) in [5, 5.41) is 10.1. The lowest BCUT2D eigenvalue weighted by molar-refractivity contribution is 0.102. The fourth-order valence-corrected chi connectivity index (χ4v) is 4.09. The molecule has 0 radical (unpaired) electrons. The number of aromatic amines is 1. The summed E-state index contributed by atoms with van der Waals surface area (Å²) >= 11 is 1.34. The lowest BCUT2D eigenvalue weighted by atomic mass is 10.1. The average molecular weight is 505 g/mol. The Balaban J connectivity index is 0.00000153. The standard InChI is InChI=1S/C22H17FN6OS.2ClH/c1-12-8-25-22(31-12)27-21(30)16-5-3-14(7-18(16)23)19-10-24-20-6-4-15(11-29(19)20)17-9-26-28-13(17)2;;/h3-11H,1-2H3,(H,26,28)(H,25,27,30);2*1H. The molecule has 5 rings (SSSR count). The molecule has 0 fully saturated rings. The van der Waals surface area contributed by atoms with Gasteiger partial charge in [-0.05, 0) is 38.1 Å². The van der Waals surface area contributed by atoms with Crippen molar-refractivity contribution in [3.63, 3.8) is 0 Å². The van der Waals surface area contributed by atoms with Gasteiger partial charge >= 0.3 is 0 Å². The molecule has 4 aromatic heterocycles. The van der Waals surface area contributed by atoms with Gasteiger partial charge in [-0.1, -0.05) is 6.07 Å². The number of aryl methyl sites for hydroxylation is 2. The number of H-pyrrole nitrogens is 1. The maximum absolute atomic E-state index is 14.8. The van der Waals surface area contributed by atoms with Gasteiger partial charge in [0.25, 0.3) is 5.91 Å². The Morgan fingerprint density at radius 3 is 2.52 bits per heavy atom. The zero-order valence-corrected chi connectivity index (χ0v) is 19.9. The van der Waals surface area contributed by atoms with Crippen LogP contribution in [0.5, 0.6) is 0 Å². The number of nitrogens with zero attached hydrogens (tertiary/aromatic N) is 4. The number of benzene rings is 1. The van der Waals surface area contributed by atoms with Crippen LogP contribution in [0.1, 0.15) is 20.9 Å². The maximum Gasteiger partial charge on any atom is 0.260 e. The number of imidazole rings is 1. The normalized spacial score (nSPS) is 10.5. The molecule has 2 N–H and O–H groups in total. The van der Waals surface area contributed by atoms with Crippen LogP contribution in [0.2, 0.25) is 0 Å². The van der Waals surface area contributed by atoms with Crippen LogP contribution in [0, 0.1) is 19.7 Å². The number of rotatable bonds is 4. The van der Waals surface area contributed by atoms with Crippen molar-refractivity contribution in [3.05, 3.63) is 77.1 Å². The number of hydrogen-bond acceptors (Lipinski definition) is 5. The second-order valence-corrected chi connectivity index (χ2v) is 8.36. The molecule has 0 aliphatic heterocycles. The van der Waals surface area contributed by atoms with Crippen molar-refractivity contribution in [1.29, 1.82) is 0 Å². The molecule has 11 heteroatoms. The lowest BCUT2D eigenvalue weighted by Crippen LogP contribution is -2.13. The number of pyridine rings is 1. The van der Waals surface area contributed by atoms with Crippen molar-refractivity contribution < 1.29 is 9.18 Å². The molecule has 0 saturated carbocycles. The van der Waals surface area contributed by atoms with Crippen LogP contribution in [0.4, 0.5) is 9.52 Å². The first-order valence-electron chi connectivity index (χ1n) is 9.51. The van der Waals surface area contributed by atoms with Crippen molar-refractivity contribution in [2.24, 2.45) is 0 Å². The molecule has 0 saturated heterocycles. The predicted octanol–water partition coefficient (Wildman–Crippen LogP) is 5.70. The number of aromatic nitrogens is 5. The predicted molar refractivity (Wildman–Crippen MR) is 132 cm³/mol. The highest BCUT2D eigenvalue weighted by molar-refractivity contribution is 7.15. The van der Waals surface area contributed by atoms with E-state index in [1.807, 2.05) is 36.6 Å². The first-order valence-corrected chi connectivity index (χ1v) is 10.3. The van der Waals surface area contributed by atoms with Crippen LogP contribution in [0.3, 0.4) is 0 Å². The van der Waals surface area contributed by atoms with Gasteiger partial charge in [-0.15, -0.1) is 36.2 Å². The average Bonchev–Trinajstić information content (AvgIpc) is 3.47. The molecule has 0 aliphatic carbocycles. The second-order valence-electron chi connectivity index (χ2n) is 7.12. The Hall–Kier alpha value is -3.27. The number of amides is 1. The van der Waals surface area contributed by atoms with Gasteiger partial charge in [0.2, 0.25) is 0 Å². The van der Waals surface area contributed by atoms with Crippen molar-refractivity contribution in [1.82, 2.24) is 24.6 Å². The van der Waals surface area contributed by atoms with E-state index >= 15 is 0 Å². The number of hydrogen-bond donors (Lipinski definition) is 2. The van der Waals surface area contributed by atoms with Crippen molar-refractivity contribution in [3.8, 4) is 22.4 Å². The number of fused-ring (bicyclic) bond motifs is 1. The Bertz CT molecular complexity index is 1440. The van der Waals surface area contributed by atoms with Crippen LogP contribution in [0.25, 0.3) is 28.0 Å². The lowest BCUT2D eigenvalue weighted by Gasteiger charge is -2.08. The summed E-state index contributed by atoms with van der Waals surface area (Å²) in [6.07, 6.45) is 7.06. The molecule has 0 bridgehead atoms. The van der Waals surface area contributed by atoms with Crippen molar-refractivity contribution in [2.45, 2.75) is 13.8 Å². The van der Waals surface area contributed by atoms with E-state index in [1.54, 1.807) is 24.7 Å². The first-order chi connectivity index (χ1) is 15.0.